The van der Waals surface area contributed by atoms with Crippen molar-refractivity contribution in [2.75, 3.05) is 44.7 Å². The number of ether oxygens (including phenoxy) is 1. The summed E-state index contributed by atoms with van der Waals surface area (Å²) in [6.45, 7) is 7.17. The average molecular weight is 360 g/mol. The highest BCUT2D eigenvalue weighted by atomic mass is 16.5. The highest BCUT2D eigenvalue weighted by Crippen LogP contribution is 2.18. The first kappa shape index (κ1) is 18.3. The Bertz CT molecular complexity index is 783. The summed E-state index contributed by atoms with van der Waals surface area (Å²) < 4.78 is 6.98. The molecule has 0 aromatic carbocycles. The van der Waals surface area contributed by atoms with Crippen molar-refractivity contribution in [1.29, 1.82) is 0 Å². The number of piperazine rings is 1. The summed E-state index contributed by atoms with van der Waals surface area (Å²) in [6.07, 6.45) is 0. The predicted molar refractivity (Wildman–Crippen MR) is 95.6 cm³/mol. The van der Waals surface area contributed by atoms with Gasteiger partial charge in [-0.25, -0.2) is 9.67 Å². The number of anilines is 1. The van der Waals surface area contributed by atoms with Crippen molar-refractivity contribution in [1.82, 2.24) is 24.6 Å². The fourth-order valence-electron chi connectivity index (χ4n) is 3.11. The van der Waals surface area contributed by atoms with Crippen LogP contribution in [0.1, 0.15) is 17.1 Å². The van der Waals surface area contributed by atoms with Crippen LogP contribution in [0, 0.1) is 13.8 Å². The molecule has 0 saturated carbocycles. The molecule has 2 aromatic heterocycles. The molecular weight excluding hydrogens is 336 g/mol. The SMILES string of the molecule is COCc1cc(N2CCN(CC(=O)O)CC2)nc(-n2nc(C)cc2C)n1. The lowest BCUT2D eigenvalue weighted by Crippen LogP contribution is -2.48. The van der Waals surface area contributed by atoms with Crippen LogP contribution >= 0.6 is 0 Å². The molecule has 1 aliphatic heterocycles. The molecule has 26 heavy (non-hydrogen) atoms. The van der Waals surface area contributed by atoms with Crippen LogP contribution in [0.3, 0.4) is 0 Å². The molecule has 0 aliphatic carbocycles. The monoisotopic (exact) mass is 360 g/mol. The van der Waals surface area contributed by atoms with Crippen LogP contribution in [-0.2, 0) is 16.1 Å². The second-order valence-corrected chi connectivity index (χ2v) is 6.45. The summed E-state index contributed by atoms with van der Waals surface area (Å²) in [5, 5.41) is 13.4. The number of aromatic nitrogens is 4. The molecule has 3 rings (SSSR count). The second kappa shape index (κ2) is 7.79. The molecule has 9 heteroatoms. The van der Waals surface area contributed by atoms with E-state index in [0.29, 0.717) is 38.7 Å². The largest absolute Gasteiger partial charge is 0.480 e. The van der Waals surface area contributed by atoms with Gasteiger partial charge in [0.25, 0.3) is 5.95 Å². The Morgan fingerprint density at radius 1 is 1.19 bits per heavy atom. The number of carboxylic acid groups (broad SMARTS) is 1. The maximum Gasteiger partial charge on any atom is 0.317 e. The molecule has 3 heterocycles. The summed E-state index contributed by atoms with van der Waals surface area (Å²) in [5.74, 6) is 0.535. The van der Waals surface area contributed by atoms with Crippen molar-refractivity contribution in [3.8, 4) is 5.95 Å². The van der Waals surface area contributed by atoms with Gasteiger partial charge in [-0.1, -0.05) is 0 Å². The number of carbonyl (C=O) groups is 1. The van der Waals surface area contributed by atoms with Gasteiger partial charge in [0.05, 0.1) is 24.5 Å². The molecule has 1 aliphatic rings. The van der Waals surface area contributed by atoms with Gasteiger partial charge in [0, 0.05) is 45.0 Å². The highest BCUT2D eigenvalue weighted by Gasteiger charge is 2.21. The molecule has 0 spiro atoms. The molecule has 0 radical (unpaired) electrons. The third-order valence-electron chi connectivity index (χ3n) is 4.30. The van der Waals surface area contributed by atoms with E-state index in [2.05, 4.69) is 15.0 Å². The first-order chi connectivity index (χ1) is 12.5. The number of hydrogen-bond donors (Lipinski definition) is 1. The molecule has 0 bridgehead atoms. The minimum absolute atomic E-state index is 0.0730. The minimum atomic E-state index is -0.797. The number of aryl methyl sites for hydroxylation is 2. The molecule has 1 saturated heterocycles. The van der Waals surface area contributed by atoms with Gasteiger partial charge < -0.3 is 14.7 Å². The van der Waals surface area contributed by atoms with Crippen molar-refractivity contribution in [3.05, 3.63) is 29.2 Å². The topological polar surface area (TPSA) is 96.6 Å². The number of methoxy groups -OCH3 is 1. The van der Waals surface area contributed by atoms with Gasteiger partial charge in [-0.2, -0.15) is 10.1 Å². The average Bonchev–Trinajstić information content (AvgIpc) is 2.93. The third kappa shape index (κ3) is 4.17. The Balaban J connectivity index is 1.85. The summed E-state index contributed by atoms with van der Waals surface area (Å²) in [7, 11) is 1.63. The third-order valence-corrected chi connectivity index (χ3v) is 4.30. The lowest BCUT2D eigenvalue weighted by Gasteiger charge is -2.34. The number of nitrogens with zero attached hydrogens (tertiary/aromatic N) is 6. The van der Waals surface area contributed by atoms with Crippen LogP contribution in [-0.4, -0.2) is 75.6 Å². The number of aliphatic carboxylic acids is 1. The van der Waals surface area contributed by atoms with Gasteiger partial charge in [0.15, 0.2) is 0 Å². The number of carboxylic acids is 1. The Kier molecular flexibility index (Phi) is 5.48. The van der Waals surface area contributed by atoms with Crippen molar-refractivity contribution < 1.29 is 14.6 Å². The maximum atomic E-state index is 10.9. The Labute approximate surface area is 152 Å². The molecule has 0 unspecified atom stereocenters. The van der Waals surface area contributed by atoms with Crippen LogP contribution in [0.2, 0.25) is 0 Å². The van der Waals surface area contributed by atoms with Gasteiger partial charge in [-0.3, -0.25) is 9.69 Å². The first-order valence-electron chi connectivity index (χ1n) is 8.56. The Morgan fingerprint density at radius 3 is 2.50 bits per heavy atom. The van der Waals surface area contributed by atoms with E-state index in [9.17, 15) is 4.79 Å². The van der Waals surface area contributed by atoms with Crippen LogP contribution < -0.4 is 4.90 Å². The van der Waals surface area contributed by atoms with Gasteiger partial charge in [-0.05, 0) is 19.9 Å². The van der Waals surface area contributed by atoms with E-state index in [4.69, 9.17) is 14.8 Å². The molecule has 0 atom stereocenters. The number of rotatable bonds is 6. The highest BCUT2D eigenvalue weighted by molar-refractivity contribution is 5.69. The van der Waals surface area contributed by atoms with E-state index in [1.54, 1.807) is 11.8 Å². The summed E-state index contributed by atoms with van der Waals surface area (Å²) in [5.41, 5.74) is 2.66. The second-order valence-electron chi connectivity index (χ2n) is 6.45. The van der Waals surface area contributed by atoms with Crippen molar-refractivity contribution >= 4 is 11.8 Å². The minimum Gasteiger partial charge on any atom is -0.480 e. The molecule has 0 amide bonds. The van der Waals surface area contributed by atoms with E-state index in [1.807, 2.05) is 30.9 Å². The lowest BCUT2D eigenvalue weighted by atomic mass is 10.3. The van der Waals surface area contributed by atoms with Crippen molar-refractivity contribution in [3.63, 3.8) is 0 Å². The van der Waals surface area contributed by atoms with Crippen molar-refractivity contribution in [2.24, 2.45) is 0 Å². The molecule has 9 nitrogen and oxygen atoms in total. The predicted octanol–water partition coefficient (Wildman–Crippen LogP) is 0.632. The van der Waals surface area contributed by atoms with Gasteiger partial charge in [0.2, 0.25) is 0 Å². The zero-order chi connectivity index (χ0) is 18.7. The smallest absolute Gasteiger partial charge is 0.317 e. The fourth-order valence-corrected chi connectivity index (χ4v) is 3.11. The van der Waals surface area contributed by atoms with Crippen LogP contribution in [0.4, 0.5) is 5.82 Å². The zero-order valence-electron chi connectivity index (χ0n) is 15.3. The molecule has 2 aromatic rings. The van der Waals surface area contributed by atoms with E-state index < -0.39 is 5.97 Å². The van der Waals surface area contributed by atoms with E-state index >= 15 is 0 Å². The Morgan fingerprint density at radius 2 is 1.92 bits per heavy atom. The van der Waals surface area contributed by atoms with Crippen LogP contribution in [0.25, 0.3) is 5.95 Å². The maximum absolute atomic E-state index is 10.9. The molecule has 140 valence electrons. The first-order valence-corrected chi connectivity index (χ1v) is 8.56. The van der Waals surface area contributed by atoms with Crippen LogP contribution in [0.15, 0.2) is 12.1 Å². The molecule has 1 N–H and O–H groups in total. The fraction of sp³-hybridized carbons (Fsp3) is 0.529. The summed E-state index contributed by atoms with van der Waals surface area (Å²) in [4.78, 5) is 24.2. The Hall–Kier alpha value is -2.52. The van der Waals surface area contributed by atoms with Gasteiger partial charge in [0.1, 0.15) is 5.82 Å². The number of hydrogen-bond acceptors (Lipinski definition) is 7. The zero-order valence-corrected chi connectivity index (χ0v) is 15.3. The van der Waals surface area contributed by atoms with E-state index in [0.717, 1.165) is 22.9 Å². The van der Waals surface area contributed by atoms with Crippen molar-refractivity contribution in [2.45, 2.75) is 20.5 Å². The molecule has 1 fully saturated rings. The quantitative estimate of drug-likeness (QED) is 0.801. The van der Waals surface area contributed by atoms with Gasteiger partial charge >= 0.3 is 5.97 Å². The normalized spacial score (nSPS) is 15.4. The summed E-state index contributed by atoms with van der Waals surface area (Å²) in [6, 6.07) is 3.91. The van der Waals surface area contributed by atoms with E-state index in [-0.39, 0.29) is 6.54 Å². The standard InChI is InChI=1S/C17H24N6O3/c1-12-8-13(2)23(20-12)17-18-14(11-26-3)9-15(19-17)22-6-4-21(5-7-22)10-16(24)25/h8-9H,4-7,10-11H2,1-3H3,(H,24,25). The van der Waals surface area contributed by atoms with Crippen LogP contribution in [0.5, 0.6) is 0 Å². The summed E-state index contributed by atoms with van der Waals surface area (Å²) >= 11 is 0. The lowest BCUT2D eigenvalue weighted by molar-refractivity contribution is -0.138. The molecular formula is C17H24N6O3. The van der Waals surface area contributed by atoms with E-state index in [1.165, 1.54) is 0 Å². The van der Waals surface area contributed by atoms with Gasteiger partial charge in [-0.15, -0.1) is 0 Å².